The van der Waals surface area contributed by atoms with Crippen molar-refractivity contribution in [3.63, 3.8) is 0 Å². The average Bonchev–Trinajstić information content (AvgIpc) is 2.83. The predicted octanol–water partition coefficient (Wildman–Crippen LogP) is 5.18. The molecule has 1 aliphatic rings. The summed E-state index contributed by atoms with van der Waals surface area (Å²) in [5.74, 6) is -4.03. The molecular weight excluding hydrogens is 388 g/mol. The lowest BCUT2D eigenvalue weighted by Crippen LogP contribution is -2.40. The van der Waals surface area contributed by atoms with Crippen LogP contribution in [-0.2, 0) is 20.9 Å². The van der Waals surface area contributed by atoms with Crippen molar-refractivity contribution in [2.24, 2.45) is 11.8 Å². The Balaban J connectivity index is 1.70. The first-order valence-corrected chi connectivity index (χ1v) is 10.4. The lowest BCUT2D eigenvalue weighted by molar-refractivity contribution is -0.160. The Labute approximate surface area is 181 Å². The van der Waals surface area contributed by atoms with Gasteiger partial charge in [-0.1, -0.05) is 103 Å². The molecule has 0 saturated heterocycles. The van der Waals surface area contributed by atoms with Crippen molar-refractivity contribution in [1.29, 1.82) is 0 Å². The number of carboxylic acid groups (broad SMARTS) is 1. The fraction of sp³-hybridized carbons (Fsp3) is 0.185. The van der Waals surface area contributed by atoms with Crippen LogP contribution in [0.2, 0.25) is 0 Å². The van der Waals surface area contributed by atoms with Gasteiger partial charge in [0.25, 0.3) is 0 Å². The van der Waals surface area contributed by atoms with Crippen LogP contribution in [0, 0.1) is 11.8 Å². The average molecular weight is 412 g/mol. The SMILES string of the molecule is O=C(O)C1C(c2ccccc2)C=CC(c2ccccc2)C1C(=O)OCc1ccccc1. The standard InChI is InChI=1S/C27H24O4/c28-26(29)24-22(20-12-6-2-7-13-20)16-17-23(21-14-8-3-9-15-21)25(24)27(30)31-18-19-10-4-1-5-11-19/h1-17,22-25H,18H2,(H,28,29). The molecule has 0 aromatic heterocycles. The van der Waals surface area contributed by atoms with Crippen LogP contribution in [0.4, 0.5) is 0 Å². The number of hydrogen-bond donors (Lipinski definition) is 1. The van der Waals surface area contributed by atoms with Gasteiger partial charge in [-0.2, -0.15) is 0 Å². The van der Waals surface area contributed by atoms with Crippen LogP contribution in [0.1, 0.15) is 28.5 Å². The summed E-state index contributed by atoms with van der Waals surface area (Å²) in [5.41, 5.74) is 2.64. The van der Waals surface area contributed by atoms with E-state index in [0.29, 0.717) is 0 Å². The monoisotopic (exact) mass is 412 g/mol. The van der Waals surface area contributed by atoms with Gasteiger partial charge in [-0.15, -0.1) is 0 Å². The minimum absolute atomic E-state index is 0.115. The number of aliphatic carboxylic acids is 1. The molecule has 156 valence electrons. The largest absolute Gasteiger partial charge is 0.481 e. The molecule has 0 radical (unpaired) electrons. The second-order valence-corrected chi connectivity index (χ2v) is 7.74. The third-order valence-corrected chi connectivity index (χ3v) is 5.84. The van der Waals surface area contributed by atoms with Gasteiger partial charge in [0, 0.05) is 11.8 Å². The van der Waals surface area contributed by atoms with Crippen LogP contribution < -0.4 is 0 Å². The Morgan fingerprint density at radius 1 is 0.677 bits per heavy atom. The summed E-state index contributed by atoms with van der Waals surface area (Å²) in [6, 6.07) is 28.4. The molecule has 0 fully saturated rings. The van der Waals surface area contributed by atoms with Crippen molar-refractivity contribution < 1.29 is 19.4 Å². The van der Waals surface area contributed by atoms with E-state index in [9.17, 15) is 14.7 Å². The number of esters is 1. The Morgan fingerprint density at radius 2 is 1.13 bits per heavy atom. The molecule has 0 saturated carbocycles. The third kappa shape index (κ3) is 4.58. The summed E-state index contributed by atoms with van der Waals surface area (Å²) in [6.07, 6.45) is 3.88. The van der Waals surface area contributed by atoms with E-state index in [4.69, 9.17) is 4.74 Å². The lowest BCUT2D eigenvalue weighted by Gasteiger charge is -2.36. The van der Waals surface area contributed by atoms with Gasteiger partial charge >= 0.3 is 11.9 Å². The first-order valence-electron chi connectivity index (χ1n) is 10.4. The lowest BCUT2D eigenvalue weighted by atomic mass is 9.66. The van der Waals surface area contributed by atoms with Gasteiger partial charge in [-0.05, 0) is 16.7 Å². The summed E-state index contributed by atoms with van der Waals surface area (Å²) in [4.78, 5) is 25.8. The summed E-state index contributed by atoms with van der Waals surface area (Å²) in [7, 11) is 0. The highest BCUT2D eigenvalue weighted by molar-refractivity contribution is 5.84. The Bertz CT molecular complexity index is 1040. The molecule has 4 atom stereocenters. The Hall–Kier alpha value is -3.66. The first kappa shape index (κ1) is 20.6. The first-order chi connectivity index (χ1) is 15.1. The van der Waals surface area contributed by atoms with Crippen LogP contribution in [0.15, 0.2) is 103 Å². The fourth-order valence-corrected chi connectivity index (χ4v) is 4.34. The predicted molar refractivity (Wildman–Crippen MR) is 118 cm³/mol. The van der Waals surface area contributed by atoms with Crippen molar-refractivity contribution >= 4 is 11.9 Å². The second kappa shape index (κ2) is 9.43. The quantitative estimate of drug-likeness (QED) is 0.447. The molecule has 0 aliphatic heterocycles. The topological polar surface area (TPSA) is 63.6 Å². The molecule has 1 N–H and O–H groups in total. The highest BCUT2D eigenvalue weighted by Gasteiger charge is 2.46. The molecule has 3 aromatic carbocycles. The van der Waals surface area contributed by atoms with Gasteiger partial charge in [0.05, 0.1) is 11.8 Å². The summed E-state index contributed by atoms with van der Waals surface area (Å²) in [6.45, 7) is 0.115. The molecule has 0 spiro atoms. The molecular formula is C27H24O4. The van der Waals surface area contributed by atoms with Crippen molar-refractivity contribution in [3.05, 3.63) is 120 Å². The number of rotatable bonds is 6. The molecule has 3 aromatic rings. The van der Waals surface area contributed by atoms with E-state index in [1.807, 2.05) is 103 Å². The number of carbonyl (C=O) groups excluding carboxylic acids is 1. The van der Waals surface area contributed by atoms with E-state index in [-0.39, 0.29) is 12.5 Å². The summed E-state index contributed by atoms with van der Waals surface area (Å²) >= 11 is 0. The fourth-order valence-electron chi connectivity index (χ4n) is 4.34. The van der Waals surface area contributed by atoms with Gasteiger partial charge in [-0.25, -0.2) is 0 Å². The number of ether oxygens (including phenoxy) is 1. The van der Waals surface area contributed by atoms with Crippen LogP contribution in [0.3, 0.4) is 0 Å². The van der Waals surface area contributed by atoms with Crippen LogP contribution in [0.25, 0.3) is 0 Å². The zero-order valence-electron chi connectivity index (χ0n) is 17.0. The Morgan fingerprint density at radius 3 is 1.61 bits per heavy atom. The number of benzene rings is 3. The zero-order valence-corrected chi connectivity index (χ0v) is 17.0. The summed E-state index contributed by atoms with van der Waals surface area (Å²) in [5, 5.41) is 10.2. The highest BCUT2D eigenvalue weighted by Crippen LogP contribution is 2.45. The van der Waals surface area contributed by atoms with Crippen molar-refractivity contribution in [3.8, 4) is 0 Å². The van der Waals surface area contributed by atoms with E-state index in [2.05, 4.69) is 0 Å². The normalized spacial score (nSPS) is 22.6. The van der Waals surface area contributed by atoms with E-state index < -0.39 is 29.7 Å². The van der Waals surface area contributed by atoms with Gasteiger partial charge in [0.15, 0.2) is 0 Å². The molecule has 1 aliphatic carbocycles. The maximum Gasteiger partial charge on any atom is 0.311 e. The number of carbonyl (C=O) groups is 2. The minimum Gasteiger partial charge on any atom is -0.481 e. The van der Waals surface area contributed by atoms with E-state index >= 15 is 0 Å². The van der Waals surface area contributed by atoms with Crippen LogP contribution >= 0.6 is 0 Å². The maximum absolute atomic E-state index is 13.3. The zero-order chi connectivity index (χ0) is 21.6. The van der Waals surface area contributed by atoms with E-state index in [1.54, 1.807) is 0 Å². The molecule has 0 heterocycles. The van der Waals surface area contributed by atoms with Crippen molar-refractivity contribution in [1.82, 2.24) is 0 Å². The molecule has 4 unspecified atom stereocenters. The maximum atomic E-state index is 13.3. The number of hydrogen-bond acceptors (Lipinski definition) is 3. The van der Waals surface area contributed by atoms with Gasteiger partial charge in [0.2, 0.25) is 0 Å². The molecule has 0 amide bonds. The van der Waals surface area contributed by atoms with E-state index in [1.165, 1.54) is 0 Å². The molecule has 4 heteroatoms. The minimum atomic E-state index is -0.999. The third-order valence-electron chi connectivity index (χ3n) is 5.84. The molecule has 31 heavy (non-hydrogen) atoms. The summed E-state index contributed by atoms with van der Waals surface area (Å²) < 4.78 is 5.65. The van der Waals surface area contributed by atoms with Gasteiger partial charge in [0.1, 0.15) is 6.61 Å². The molecule has 0 bridgehead atoms. The second-order valence-electron chi connectivity index (χ2n) is 7.74. The van der Waals surface area contributed by atoms with Crippen molar-refractivity contribution in [2.45, 2.75) is 18.4 Å². The highest BCUT2D eigenvalue weighted by atomic mass is 16.5. The van der Waals surface area contributed by atoms with Crippen molar-refractivity contribution in [2.75, 3.05) is 0 Å². The van der Waals surface area contributed by atoms with Gasteiger partial charge < -0.3 is 9.84 Å². The number of carboxylic acids is 1. The van der Waals surface area contributed by atoms with Gasteiger partial charge in [-0.3, -0.25) is 9.59 Å². The molecule has 4 rings (SSSR count). The Kier molecular flexibility index (Phi) is 6.27. The molecule has 4 nitrogen and oxygen atoms in total. The smallest absolute Gasteiger partial charge is 0.311 e. The van der Waals surface area contributed by atoms with E-state index in [0.717, 1.165) is 16.7 Å². The van der Waals surface area contributed by atoms with Crippen LogP contribution in [-0.4, -0.2) is 17.0 Å². The number of allylic oxidation sites excluding steroid dienone is 2. The van der Waals surface area contributed by atoms with Crippen LogP contribution in [0.5, 0.6) is 0 Å².